The lowest BCUT2D eigenvalue weighted by Crippen LogP contribution is -2.65. The smallest absolute Gasteiger partial charge is 0.255 e. The molecule has 1 fully saturated rings. The zero-order valence-corrected chi connectivity index (χ0v) is 25.4. The van der Waals surface area contributed by atoms with Crippen LogP contribution in [0.4, 0.5) is 11.4 Å². The number of carbonyl (C=O) groups excluding carboxylic acids is 4. The van der Waals surface area contributed by atoms with Crippen molar-refractivity contribution in [2.24, 2.45) is 17.6 Å². The number of fused-ring (bicyclic) bond motifs is 3. The molecule has 1 aromatic rings. The predicted molar refractivity (Wildman–Crippen MR) is 157 cm³/mol. The second-order valence-electron chi connectivity index (χ2n) is 11.3. The second kappa shape index (κ2) is 10.9. The summed E-state index contributed by atoms with van der Waals surface area (Å²) in [6, 6.07) is 0.112. The van der Waals surface area contributed by atoms with Crippen LogP contribution in [0.2, 0.25) is 0 Å². The third-order valence-electron chi connectivity index (χ3n) is 7.80. The van der Waals surface area contributed by atoms with Crippen LogP contribution in [0.3, 0.4) is 0 Å². The number of phenols is 1. The number of amides is 2. The van der Waals surface area contributed by atoms with Crippen molar-refractivity contribution in [3.63, 3.8) is 0 Å². The summed E-state index contributed by atoms with van der Waals surface area (Å²) in [7, 11) is 3.05. The van der Waals surface area contributed by atoms with E-state index in [1.165, 1.54) is 25.1 Å². The topological polar surface area (TPSA) is 203 Å². The molecule has 0 aliphatic heterocycles. The summed E-state index contributed by atoms with van der Waals surface area (Å²) < 4.78 is -1.92. The number of anilines is 2. The van der Waals surface area contributed by atoms with Gasteiger partial charge in [-0.3, -0.25) is 24.1 Å². The van der Waals surface area contributed by atoms with Crippen LogP contribution < -0.4 is 16.4 Å². The number of primary amides is 1. The van der Waals surface area contributed by atoms with Gasteiger partial charge in [0.25, 0.3) is 5.91 Å². The maximum absolute atomic E-state index is 14.0. The Morgan fingerprint density at radius 3 is 2.31 bits per heavy atom. The maximum Gasteiger partial charge on any atom is 0.255 e. The molecule has 228 valence electrons. The lowest BCUT2D eigenvalue weighted by molar-refractivity contribution is -0.153. The first kappa shape index (κ1) is 31.9. The molecule has 0 bridgehead atoms. The van der Waals surface area contributed by atoms with Crippen LogP contribution in [-0.2, 0) is 25.6 Å². The number of alkyl halides is 3. The van der Waals surface area contributed by atoms with Crippen LogP contribution in [0.15, 0.2) is 23.0 Å². The van der Waals surface area contributed by atoms with E-state index in [4.69, 9.17) is 40.5 Å². The number of halogens is 3. The molecule has 3 unspecified atom stereocenters. The average Bonchev–Trinajstić information content (AvgIpc) is 2.82. The number of hydrogen-bond donors (Lipinski definition) is 7. The number of carbonyl (C=O) groups is 4. The summed E-state index contributed by atoms with van der Waals surface area (Å²) in [4.78, 5) is 53.3. The first-order chi connectivity index (χ1) is 19.3. The molecule has 8 N–H and O–H groups in total. The van der Waals surface area contributed by atoms with Gasteiger partial charge in [0.15, 0.2) is 15.2 Å². The van der Waals surface area contributed by atoms with Gasteiger partial charge in [0, 0.05) is 23.2 Å². The highest BCUT2D eigenvalue weighted by Crippen LogP contribution is 2.54. The molecule has 0 saturated heterocycles. The summed E-state index contributed by atoms with van der Waals surface area (Å²) >= 11 is 17.2. The second-order valence-corrected chi connectivity index (χ2v) is 13.8. The summed E-state index contributed by atoms with van der Waals surface area (Å²) in [6.45, 7) is 3.69. The standard InChI is InChI=1S/C27H31Cl3N4O8/c1-9(2)32-13-7-14(33-15(35)8-26(28,29)30)20(36)17-11(13)5-10-6-12-19(34(3)4)22(38)18(25(31)41)24(40)27(12,42)23(39)16(10)21(17)37/h7,9-10,12,19,32,36-37,40,42H,5-6,8H2,1-4H3,(H2,31,41)(H,33,35)/t10?,12?,19-,27?/m0/s1. The quantitative estimate of drug-likeness (QED) is 0.104. The number of ketones is 2. The van der Waals surface area contributed by atoms with E-state index in [9.17, 15) is 39.6 Å². The lowest BCUT2D eigenvalue weighted by atomic mass is 9.57. The predicted octanol–water partition coefficient (Wildman–Crippen LogP) is 2.48. The van der Waals surface area contributed by atoms with Crippen molar-refractivity contribution in [2.75, 3.05) is 24.7 Å². The van der Waals surface area contributed by atoms with Gasteiger partial charge in [-0.15, -0.1) is 0 Å². The number of benzene rings is 1. The van der Waals surface area contributed by atoms with Crippen molar-refractivity contribution >= 4 is 75.3 Å². The lowest BCUT2D eigenvalue weighted by Gasteiger charge is -2.50. The number of aliphatic hydroxyl groups excluding tert-OH is 2. The molecule has 12 nitrogen and oxygen atoms in total. The van der Waals surface area contributed by atoms with Crippen LogP contribution >= 0.6 is 34.8 Å². The SMILES string of the molecule is CC(C)Nc1cc(NC(=O)CC(Cl)(Cl)Cl)c(O)c2c1CC1CC3[C@H](N(C)C)C(=O)C(C(N)=O)=C(O)C3(O)C(=O)C1=C2O. The Balaban J connectivity index is 1.93. The maximum atomic E-state index is 14.0. The van der Waals surface area contributed by atoms with E-state index in [1.54, 1.807) is 0 Å². The minimum absolute atomic E-state index is 0.0601. The van der Waals surface area contributed by atoms with Crippen LogP contribution in [-0.4, -0.2) is 84.3 Å². The number of nitrogens with one attached hydrogen (secondary N) is 2. The fraction of sp³-hybridized carbons (Fsp3) is 0.481. The molecule has 42 heavy (non-hydrogen) atoms. The number of nitrogens with zero attached hydrogens (tertiary/aromatic N) is 1. The third kappa shape index (κ3) is 5.19. The van der Waals surface area contributed by atoms with E-state index in [0.717, 1.165) is 0 Å². The van der Waals surface area contributed by atoms with Gasteiger partial charge in [0.2, 0.25) is 11.7 Å². The van der Waals surface area contributed by atoms with Crippen LogP contribution in [0.1, 0.15) is 37.8 Å². The number of hydrogen-bond acceptors (Lipinski definition) is 10. The van der Waals surface area contributed by atoms with Crippen molar-refractivity contribution in [2.45, 2.75) is 54.6 Å². The monoisotopic (exact) mass is 644 g/mol. The molecule has 0 aromatic heterocycles. The summed E-state index contributed by atoms with van der Waals surface area (Å²) in [5.41, 5.74) is 1.84. The average molecular weight is 646 g/mol. The fourth-order valence-electron chi connectivity index (χ4n) is 6.22. The minimum atomic E-state index is -2.77. The van der Waals surface area contributed by atoms with Gasteiger partial charge in [0.05, 0.1) is 23.7 Å². The van der Waals surface area contributed by atoms with Crippen molar-refractivity contribution in [1.29, 1.82) is 0 Å². The number of aliphatic hydroxyl groups is 3. The van der Waals surface area contributed by atoms with Gasteiger partial charge in [-0.25, -0.2) is 0 Å². The minimum Gasteiger partial charge on any atom is -0.508 e. The highest BCUT2D eigenvalue weighted by atomic mass is 35.6. The summed E-state index contributed by atoms with van der Waals surface area (Å²) in [5, 5.41) is 51.1. The van der Waals surface area contributed by atoms with Gasteiger partial charge >= 0.3 is 0 Å². The zero-order valence-electron chi connectivity index (χ0n) is 23.1. The van der Waals surface area contributed by atoms with E-state index in [-0.39, 0.29) is 35.7 Å². The van der Waals surface area contributed by atoms with Gasteiger partial charge in [0.1, 0.15) is 22.8 Å². The Hall–Kier alpha value is -3.03. The molecular formula is C27H31Cl3N4O8. The molecule has 3 aliphatic rings. The molecule has 1 aromatic carbocycles. The van der Waals surface area contributed by atoms with Crippen LogP contribution in [0.25, 0.3) is 5.76 Å². The van der Waals surface area contributed by atoms with E-state index < -0.39 is 79.9 Å². The Kier molecular flexibility index (Phi) is 8.29. The molecule has 4 atom stereocenters. The van der Waals surface area contributed by atoms with Gasteiger partial charge in [-0.1, -0.05) is 34.8 Å². The summed E-state index contributed by atoms with van der Waals surface area (Å²) in [5.74, 6) is -8.51. The molecule has 2 amide bonds. The Labute approximate surface area is 256 Å². The highest BCUT2D eigenvalue weighted by Gasteiger charge is 2.64. The number of aromatic hydroxyl groups is 1. The molecule has 4 rings (SSSR count). The number of phenolic OH excluding ortho intramolecular Hbond substituents is 1. The van der Waals surface area contributed by atoms with Gasteiger partial charge in [-0.05, 0) is 58.3 Å². The molecule has 1 saturated carbocycles. The van der Waals surface area contributed by atoms with E-state index in [0.29, 0.717) is 11.3 Å². The van der Waals surface area contributed by atoms with Crippen molar-refractivity contribution < 1.29 is 39.6 Å². The first-order valence-corrected chi connectivity index (χ1v) is 14.1. The highest BCUT2D eigenvalue weighted by molar-refractivity contribution is 6.68. The zero-order chi connectivity index (χ0) is 31.6. The van der Waals surface area contributed by atoms with Crippen molar-refractivity contribution in [3.8, 4) is 5.75 Å². The van der Waals surface area contributed by atoms with E-state index in [2.05, 4.69) is 10.6 Å². The van der Waals surface area contributed by atoms with Gasteiger partial charge < -0.3 is 36.8 Å². The molecule has 0 heterocycles. The van der Waals surface area contributed by atoms with Crippen molar-refractivity contribution in [1.82, 2.24) is 4.90 Å². The Bertz CT molecular complexity index is 1470. The molecule has 3 aliphatic carbocycles. The van der Waals surface area contributed by atoms with E-state index in [1.807, 2.05) is 13.8 Å². The number of likely N-dealkylation sites (N-methyl/N-ethyl adjacent to an activating group) is 1. The first-order valence-electron chi connectivity index (χ1n) is 13.0. The molecular weight excluding hydrogens is 615 g/mol. The Morgan fingerprint density at radius 2 is 1.79 bits per heavy atom. The number of rotatable bonds is 6. The number of nitrogens with two attached hydrogens (primary N) is 1. The Morgan fingerprint density at radius 1 is 1.17 bits per heavy atom. The van der Waals surface area contributed by atoms with Crippen molar-refractivity contribution in [3.05, 3.63) is 34.1 Å². The fourth-order valence-corrected chi connectivity index (χ4v) is 6.59. The summed E-state index contributed by atoms with van der Waals surface area (Å²) in [6.07, 6.45) is -0.544. The van der Waals surface area contributed by atoms with Gasteiger partial charge in [-0.2, -0.15) is 0 Å². The molecule has 0 spiro atoms. The largest absolute Gasteiger partial charge is 0.508 e. The molecule has 15 heteroatoms. The van der Waals surface area contributed by atoms with Crippen LogP contribution in [0.5, 0.6) is 5.75 Å². The normalized spacial score (nSPS) is 25.8. The van der Waals surface area contributed by atoms with E-state index >= 15 is 0 Å². The third-order valence-corrected chi connectivity index (χ3v) is 8.20. The van der Waals surface area contributed by atoms with Crippen LogP contribution in [0, 0.1) is 11.8 Å². The number of Topliss-reactive ketones (excluding diaryl/α,β-unsaturated/α-hetero) is 2. The molecule has 0 radical (unpaired) electrons.